The van der Waals surface area contributed by atoms with E-state index in [1.807, 2.05) is 0 Å². The van der Waals surface area contributed by atoms with Crippen LogP contribution >= 0.6 is 0 Å². The number of hydrogen-bond acceptors (Lipinski definition) is 3. The van der Waals surface area contributed by atoms with Crippen LogP contribution in [0.3, 0.4) is 0 Å². The summed E-state index contributed by atoms with van der Waals surface area (Å²) in [6, 6.07) is -0.167. The summed E-state index contributed by atoms with van der Waals surface area (Å²) in [5.41, 5.74) is 4.55. The first-order valence-electron chi connectivity index (χ1n) is 5.95. The van der Waals surface area contributed by atoms with Crippen LogP contribution < -0.4 is 11.1 Å². The number of urea groups is 1. The fourth-order valence-electron chi connectivity index (χ4n) is 1.71. The molecule has 6 nitrogen and oxygen atoms in total. The van der Waals surface area contributed by atoms with E-state index >= 15 is 0 Å². The molecule has 98 valence electrons. The van der Waals surface area contributed by atoms with E-state index in [0.29, 0.717) is 19.5 Å². The maximum Gasteiger partial charge on any atom is 0.329 e. The maximum atomic E-state index is 11.9. The van der Waals surface area contributed by atoms with Gasteiger partial charge in [-0.2, -0.15) is 0 Å². The first-order chi connectivity index (χ1) is 7.89. The zero-order valence-corrected chi connectivity index (χ0v) is 10.4. The monoisotopic (exact) mass is 243 g/mol. The van der Waals surface area contributed by atoms with Gasteiger partial charge < -0.3 is 21.1 Å². The van der Waals surface area contributed by atoms with Gasteiger partial charge in [0, 0.05) is 19.1 Å². The van der Waals surface area contributed by atoms with Gasteiger partial charge in [0.25, 0.3) is 0 Å². The largest absolute Gasteiger partial charge is 0.480 e. The highest BCUT2D eigenvalue weighted by molar-refractivity contribution is 5.85. The third kappa shape index (κ3) is 3.33. The molecular formula is C11H21N3O3. The van der Waals surface area contributed by atoms with Crippen molar-refractivity contribution in [1.29, 1.82) is 0 Å². The van der Waals surface area contributed by atoms with E-state index in [0.717, 1.165) is 12.8 Å². The third-order valence-electron chi connectivity index (χ3n) is 3.39. The number of piperidine rings is 1. The van der Waals surface area contributed by atoms with Gasteiger partial charge in [0.1, 0.15) is 5.54 Å². The Kier molecular flexibility index (Phi) is 4.34. The van der Waals surface area contributed by atoms with Crippen LogP contribution in [0.2, 0.25) is 0 Å². The topological polar surface area (TPSA) is 95.7 Å². The van der Waals surface area contributed by atoms with E-state index in [2.05, 4.69) is 5.32 Å². The van der Waals surface area contributed by atoms with Gasteiger partial charge in [-0.25, -0.2) is 9.59 Å². The molecule has 0 aromatic carbocycles. The number of carboxylic acid groups (broad SMARTS) is 1. The van der Waals surface area contributed by atoms with Crippen molar-refractivity contribution in [2.75, 3.05) is 13.1 Å². The first-order valence-corrected chi connectivity index (χ1v) is 5.95. The number of carboxylic acids is 1. The molecule has 0 bridgehead atoms. The molecule has 1 saturated heterocycles. The first kappa shape index (κ1) is 13.8. The van der Waals surface area contributed by atoms with E-state index in [9.17, 15) is 9.59 Å². The predicted molar refractivity (Wildman–Crippen MR) is 63.6 cm³/mol. The molecule has 0 aromatic heterocycles. The highest BCUT2D eigenvalue weighted by atomic mass is 16.4. The second-order valence-electron chi connectivity index (χ2n) is 4.75. The number of hydrogen-bond donors (Lipinski definition) is 3. The average molecular weight is 243 g/mol. The van der Waals surface area contributed by atoms with Crippen molar-refractivity contribution in [2.45, 2.75) is 44.7 Å². The number of carbonyl (C=O) groups excluding carboxylic acids is 1. The van der Waals surface area contributed by atoms with Crippen LogP contribution in [0.15, 0.2) is 0 Å². The summed E-state index contributed by atoms with van der Waals surface area (Å²) >= 11 is 0. The van der Waals surface area contributed by atoms with E-state index in [4.69, 9.17) is 10.8 Å². The van der Waals surface area contributed by atoms with Crippen molar-refractivity contribution >= 4 is 12.0 Å². The van der Waals surface area contributed by atoms with Gasteiger partial charge >= 0.3 is 12.0 Å². The molecule has 17 heavy (non-hydrogen) atoms. The molecule has 1 fully saturated rings. The van der Waals surface area contributed by atoms with Crippen molar-refractivity contribution < 1.29 is 14.7 Å². The fourth-order valence-corrected chi connectivity index (χ4v) is 1.71. The van der Waals surface area contributed by atoms with E-state index in [1.165, 1.54) is 6.92 Å². The lowest BCUT2D eigenvalue weighted by Gasteiger charge is -2.33. The molecule has 0 aliphatic carbocycles. The van der Waals surface area contributed by atoms with Crippen LogP contribution in [-0.4, -0.2) is 46.7 Å². The Balaban J connectivity index is 2.56. The zero-order chi connectivity index (χ0) is 13.1. The van der Waals surface area contributed by atoms with Crippen molar-refractivity contribution in [3.05, 3.63) is 0 Å². The lowest BCUT2D eigenvalue weighted by molar-refractivity contribution is -0.143. The van der Waals surface area contributed by atoms with Gasteiger partial charge in [-0.05, 0) is 26.2 Å². The summed E-state index contributed by atoms with van der Waals surface area (Å²) in [6.07, 6.45) is 1.88. The molecule has 1 aliphatic rings. The van der Waals surface area contributed by atoms with Crippen molar-refractivity contribution in [3.63, 3.8) is 0 Å². The Hall–Kier alpha value is -1.30. The van der Waals surface area contributed by atoms with Crippen molar-refractivity contribution in [1.82, 2.24) is 10.2 Å². The van der Waals surface area contributed by atoms with Crippen LogP contribution in [0.1, 0.15) is 33.1 Å². The number of nitrogens with one attached hydrogen (secondary N) is 1. The molecule has 0 radical (unpaired) electrons. The third-order valence-corrected chi connectivity index (χ3v) is 3.39. The van der Waals surface area contributed by atoms with Gasteiger partial charge in [-0.15, -0.1) is 0 Å². The molecule has 6 heteroatoms. The molecule has 1 atom stereocenters. The molecule has 1 rings (SSSR count). The summed E-state index contributed by atoms with van der Waals surface area (Å²) in [7, 11) is 0. The summed E-state index contributed by atoms with van der Waals surface area (Å²) < 4.78 is 0. The van der Waals surface area contributed by atoms with Crippen LogP contribution in [0, 0.1) is 0 Å². The Morgan fingerprint density at radius 1 is 1.47 bits per heavy atom. The molecular weight excluding hydrogens is 222 g/mol. The fraction of sp³-hybridized carbons (Fsp3) is 0.818. The van der Waals surface area contributed by atoms with Crippen LogP contribution in [0.5, 0.6) is 0 Å². The quantitative estimate of drug-likeness (QED) is 0.667. The molecule has 1 heterocycles. The molecule has 0 saturated carbocycles. The van der Waals surface area contributed by atoms with Gasteiger partial charge in [0.05, 0.1) is 0 Å². The number of likely N-dealkylation sites (tertiary alicyclic amines) is 1. The van der Waals surface area contributed by atoms with E-state index in [-0.39, 0.29) is 12.1 Å². The summed E-state index contributed by atoms with van der Waals surface area (Å²) in [5.74, 6) is -1.01. The molecule has 1 aliphatic heterocycles. The van der Waals surface area contributed by atoms with Gasteiger partial charge in [0.15, 0.2) is 0 Å². The minimum atomic E-state index is -1.20. The van der Waals surface area contributed by atoms with Crippen LogP contribution in [0.25, 0.3) is 0 Å². The van der Waals surface area contributed by atoms with Crippen molar-refractivity contribution in [2.24, 2.45) is 5.73 Å². The van der Waals surface area contributed by atoms with Gasteiger partial charge in [-0.1, -0.05) is 6.92 Å². The number of aliphatic carboxylic acids is 1. The second-order valence-corrected chi connectivity index (χ2v) is 4.75. The highest BCUT2D eigenvalue weighted by Gasteiger charge is 2.34. The standard InChI is InChI=1S/C11H21N3O3/c1-3-11(2,9(15)16)13-10(17)14-6-4-8(12)5-7-14/h8H,3-7,12H2,1-2H3,(H,13,17)(H,15,16). The van der Waals surface area contributed by atoms with Crippen LogP contribution in [0.4, 0.5) is 4.79 Å². The molecule has 2 amide bonds. The highest BCUT2D eigenvalue weighted by Crippen LogP contribution is 2.13. The predicted octanol–water partition coefficient (Wildman–Crippen LogP) is 0.372. The van der Waals surface area contributed by atoms with E-state index < -0.39 is 11.5 Å². The average Bonchev–Trinajstić information content (AvgIpc) is 2.29. The smallest absolute Gasteiger partial charge is 0.329 e. The van der Waals surface area contributed by atoms with Gasteiger partial charge in [0.2, 0.25) is 0 Å². The lowest BCUT2D eigenvalue weighted by Crippen LogP contribution is -2.57. The number of nitrogens with zero attached hydrogens (tertiary/aromatic N) is 1. The number of rotatable bonds is 3. The Morgan fingerprint density at radius 2 is 2.00 bits per heavy atom. The number of nitrogens with two attached hydrogens (primary N) is 1. The van der Waals surface area contributed by atoms with E-state index in [1.54, 1.807) is 11.8 Å². The van der Waals surface area contributed by atoms with Crippen molar-refractivity contribution in [3.8, 4) is 0 Å². The summed E-state index contributed by atoms with van der Waals surface area (Å²) in [5, 5.41) is 11.6. The van der Waals surface area contributed by atoms with Gasteiger partial charge in [-0.3, -0.25) is 0 Å². The number of amides is 2. The van der Waals surface area contributed by atoms with Crippen LogP contribution in [-0.2, 0) is 4.79 Å². The molecule has 0 aromatic rings. The summed E-state index contributed by atoms with van der Waals surface area (Å²) in [4.78, 5) is 24.6. The Bertz CT molecular complexity index is 300. The Morgan fingerprint density at radius 3 is 2.41 bits per heavy atom. The lowest BCUT2D eigenvalue weighted by atomic mass is 9.99. The molecule has 1 unspecified atom stereocenters. The molecule has 0 spiro atoms. The normalized spacial score (nSPS) is 20.8. The minimum Gasteiger partial charge on any atom is -0.480 e. The minimum absolute atomic E-state index is 0.149. The second kappa shape index (κ2) is 5.35. The summed E-state index contributed by atoms with van der Waals surface area (Å²) in [6.45, 7) is 4.43. The maximum absolute atomic E-state index is 11.9. The number of carbonyl (C=O) groups is 2. The Labute approximate surface area is 101 Å². The SMILES string of the molecule is CCC(C)(NC(=O)N1CCC(N)CC1)C(=O)O. The zero-order valence-electron chi connectivity index (χ0n) is 10.4. The molecule has 4 N–H and O–H groups in total.